The van der Waals surface area contributed by atoms with Crippen LogP contribution >= 0.6 is 0 Å². The molecule has 1 heterocycles. The predicted molar refractivity (Wildman–Crippen MR) is 48.2 cm³/mol. The largest absolute Gasteiger partial charge is 0.388 e. The van der Waals surface area contributed by atoms with Gasteiger partial charge in [-0.2, -0.15) is 0 Å². The highest BCUT2D eigenvalue weighted by molar-refractivity contribution is 5.72. The van der Waals surface area contributed by atoms with E-state index in [0.717, 1.165) is 0 Å². The van der Waals surface area contributed by atoms with Gasteiger partial charge in [-0.1, -0.05) is 0 Å². The summed E-state index contributed by atoms with van der Waals surface area (Å²) in [7, 11) is 0. The van der Waals surface area contributed by atoms with Crippen molar-refractivity contribution < 1.29 is 15.0 Å². The monoisotopic (exact) mass is 199 g/mol. The Morgan fingerprint density at radius 2 is 2.43 bits per heavy atom. The molecule has 14 heavy (non-hydrogen) atoms. The summed E-state index contributed by atoms with van der Waals surface area (Å²) < 4.78 is 0. The molecular formula is C8H13N3O3. The Morgan fingerprint density at radius 3 is 2.93 bits per heavy atom. The number of aliphatic hydroxyl groups excluding tert-OH is 2. The van der Waals surface area contributed by atoms with E-state index in [4.69, 9.17) is 0 Å². The van der Waals surface area contributed by atoms with Crippen molar-refractivity contribution in [3.8, 4) is 0 Å². The van der Waals surface area contributed by atoms with Crippen LogP contribution in [0.15, 0.2) is 12.4 Å². The van der Waals surface area contributed by atoms with Gasteiger partial charge in [0.05, 0.1) is 0 Å². The molecule has 0 saturated heterocycles. The highest BCUT2D eigenvalue weighted by Gasteiger charge is 2.20. The minimum atomic E-state index is -1.11. The Labute approximate surface area is 81.0 Å². The van der Waals surface area contributed by atoms with E-state index in [1.165, 1.54) is 13.1 Å². The number of nitrogens with one attached hydrogen (secondary N) is 2. The van der Waals surface area contributed by atoms with Gasteiger partial charge in [0.1, 0.15) is 18.0 Å². The second kappa shape index (κ2) is 4.73. The number of hydrogen-bond donors (Lipinski definition) is 4. The van der Waals surface area contributed by atoms with Gasteiger partial charge in [-0.25, -0.2) is 4.98 Å². The van der Waals surface area contributed by atoms with Gasteiger partial charge in [-0.15, -0.1) is 0 Å². The molecule has 2 unspecified atom stereocenters. The number of imidazole rings is 1. The second-order valence-electron chi connectivity index (χ2n) is 2.92. The lowest BCUT2D eigenvalue weighted by molar-refractivity contribution is -0.119. The zero-order valence-electron chi connectivity index (χ0n) is 7.77. The molecule has 0 aromatic carbocycles. The van der Waals surface area contributed by atoms with Gasteiger partial charge in [0.25, 0.3) is 0 Å². The number of hydrogen-bond acceptors (Lipinski definition) is 4. The summed E-state index contributed by atoms with van der Waals surface area (Å²) in [6.07, 6.45) is 0.842. The maximum absolute atomic E-state index is 10.5. The van der Waals surface area contributed by atoms with Crippen molar-refractivity contribution in [3.05, 3.63) is 18.2 Å². The van der Waals surface area contributed by atoms with E-state index in [1.807, 2.05) is 0 Å². The van der Waals surface area contributed by atoms with Crippen molar-refractivity contribution in [2.24, 2.45) is 0 Å². The lowest BCUT2D eigenvalue weighted by Gasteiger charge is -2.15. The minimum Gasteiger partial charge on any atom is -0.388 e. The number of aliphatic hydroxyl groups is 2. The average molecular weight is 199 g/mol. The molecule has 0 bridgehead atoms. The molecule has 1 aromatic rings. The van der Waals surface area contributed by atoms with Gasteiger partial charge in [0, 0.05) is 25.9 Å². The molecule has 1 rings (SSSR count). The van der Waals surface area contributed by atoms with Crippen LogP contribution in [0.5, 0.6) is 0 Å². The number of carbonyl (C=O) groups excluding carboxylic acids is 1. The van der Waals surface area contributed by atoms with Crippen LogP contribution in [0.3, 0.4) is 0 Å². The molecule has 1 amide bonds. The third kappa shape index (κ3) is 2.82. The summed E-state index contributed by atoms with van der Waals surface area (Å²) in [6, 6.07) is 0. The minimum absolute atomic E-state index is 0.00278. The van der Waals surface area contributed by atoms with E-state index < -0.39 is 12.2 Å². The van der Waals surface area contributed by atoms with Crippen molar-refractivity contribution in [2.75, 3.05) is 6.54 Å². The lowest BCUT2D eigenvalue weighted by atomic mass is 10.2. The van der Waals surface area contributed by atoms with Crippen LogP contribution in [0.2, 0.25) is 0 Å². The number of aromatic amines is 1. The Morgan fingerprint density at radius 1 is 1.71 bits per heavy atom. The molecule has 0 radical (unpaired) electrons. The Hall–Kier alpha value is -1.40. The number of carbonyl (C=O) groups is 1. The van der Waals surface area contributed by atoms with Crippen LogP contribution in [-0.4, -0.2) is 38.7 Å². The van der Waals surface area contributed by atoms with Crippen molar-refractivity contribution in [1.82, 2.24) is 15.3 Å². The molecule has 78 valence electrons. The molecule has 0 fully saturated rings. The quantitative estimate of drug-likeness (QED) is 0.496. The predicted octanol–water partition coefficient (Wildman–Crippen LogP) is -1.06. The van der Waals surface area contributed by atoms with Gasteiger partial charge >= 0.3 is 0 Å². The van der Waals surface area contributed by atoms with E-state index in [2.05, 4.69) is 15.3 Å². The first-order chi connectivity index (χ1) is 6.61. The smallest absolute Gasteiger partial charge is 0.216 e. The summed E-state index contributed by atoms with van der Waals surface area (Å²) in [5.74, 6) is 0.0264. The Kier molecular flexibility index (Phi) is 3.61. The lowest BCUT2D eigenvalue weighted by Crippen LogP contribution is -2.34. The van der Waals surface area contributed by atoms with Crippen LogP contribution in [0, 0.1) is 0 Å². The number of aromatic nitrogens is 2. The average Bonchev–Trinajstić information content (AvgIpc) is 2.65. The van der Waals surface area contributed by atoms with Crippen LogP contribution in [0.4, 0.5) is 0 Å². The zero-order chi connectivity index (χ0) is 10.6. The van der Waals surface area contributed by atoms with E-state index >= 15 is 0 Å². The normalized spacial score (nSPS) is 14.8. The fourth-order valence-electron chi connectivity index (χ4n) is 0.981. The molecule has 1 aromatic heterocycles. The summed E-state index contributed by atoms with van der Waals surface area (Å²) >= 11 is 0. The summed E-state index contributed by atoms with van der Waals surface area (Å²) in [6.45, 7) is 1.34. The van der Waals surface area contributed by atoms with Crippen molar-refractivity contribution in [2.45, 2.75) is 19.1 Å². The highest BCUT2D eigenvalue weighted by Crippen LogP contribution is 2.10. The standard InChI is InChI=1S/C8H13N3O3/c1-5(12)11-4-6(13)7(14)8-9-2-3-10-8/h2-3,6-7,13-14H,4H2,1H3,(H,9,10)(H,11,12). The number of nitrogens with zero attached hydrogens (tertiary/aromatic N) is 1. The van der Waals surface area contributed by atoms with E-state index in [0.29, 0.717) is 0 Å². The summed E-state index contributed by atoms with van der Waals surface area (Å²) in [5.41, 5.74) is 0. The van der Waals surface area contributed by atoms with Crippen molar-refractivity contribution >= 4 is 5.91 Å². The molecule has 6 nitrogen and oxygen atoms in total. The first-order valence-electron chi connectivity index (χ1n) is 4.21. The molecule has 0 aliphatic carbocycles. The Bertz CT molecular complexity index is 286. The number of H-pyrrole nitrogens is 1. The van der Waals surface area contributed by atoms with Crippen LogP contribution in [0.1, 0.15) is 18.9 Å². The highest BCUT2D eigenvalue weighted by atomic mass is 16.3. The zero-order valence-corrected chi connectivity index (χ0v) is 7.77. The summed E-state index contributed by atoms with van der Waals surface area (Å²) in [5, 5.41) is 21.3. The fourth-order valence-corrected chi connectivity index (χ4v) is 0.981. The van der Waals surface area contributed by atoms with Crippen molar-refractivity contribution in [1.29, 1.82) is 0 Å². The maximum Gasteiger partial charge on any atom is 0.216 e. The number of amides is 1. The molecule has 4 N–H and O–H groups in total. The van der Waals surface area contributed by atoms with Gasteiger partial charge in [-0.05, 0) is 0 Å². The van der Waals surface area contributed by atoms with Gasteiger partial charge in [-0.3, -0.25) is 4.79 Å². The van der Waals surface area contributed by atoms with Gasteiger partial charge in [0.2, 0.25) is 5.91 Å². The van der Waals surface area contributed by atoms with Gasteiger partial charge in [0.15, 0.2) is 0 Å². The SMILES string of the molecule is CC(=O)NCC(O)C(O)c1ncc[nH]1. The summed E-state index contributed by atoms with van der Waals surface area (Å²) in [4.78, 5) is 17.0. The van der Waals surface area contributed by atoms with Crippen molar-refractivity contribution in [3.63, 3.8) is 0 Å². The first kappa shape index (κ1) is 10.7. The third-order valence-corrected chi connectivity index (χ3v) is 1.72. The van der Waals surface area contributed by atoms with E-state index in [-0.39, 0.29) is 18.3 Å². The molecule has 2 atom stereocenters. The molecule has 0 aliphatic rings. The Balaban J connectivity index is 2.44. The van der Waals surface area contributed by atoms with E-state index in [1.54, 1.807) is 6.20 Å². The molecular weight excluding hydrogens is 186 g/mol. The molecule has 0 aliphatic heterocycles. The topological polar surface area (TPSA) is 98.2 Å². The third-order valence-electron chi connectivity index (χ3n) is 1.72. The van der Waals surface area contributed by atoms with E-state index in [9.17, 15) is 15.0 Å². The molecule has 6 heteroatoms. The molecule has 0 spiro atoms. The first-order valence-corrected chi connectivity index (χ1v) is 4.21. The molecule has 0 saturated carbocycles. The maximum atomic E-state index is 10.5. The second-order valence-corrected chi connectivity index (χ2v) is 2.92. The van der Waals surface area contributed by atoms with Crippen LogP contribution in [0.25, 0.3) is 0 Å². The number of rotatable bonds is 4. The fraction of sp³-hybridized carbons (Fsp3) is 0.500. The van der Waals surface area contributed by atoms with Crippen LogP contribution < -0.4 is 5.32 Å². The van der Waals surface area contributed by atoms with Gasteiger partial charge < -0.3 is 20.5 Å². The van der Waals surface area contributed by atoms with Crippen LogP contribution in [-0.2, 0) is 4.79 Å².